The number of rotatable bonds is 6. The highest BCUT2D eigenvalue weighted by molar-refractivity contribution is 7.89. The lowest BCUT2D eigenvalue weighted by Gasteiger charge is -2.14. The second kappa shape index (κ2) is 8.63. The van der Waals surface area contributed by atoms with Crippen molar-refractivity contribution in [1.29, 1.82) is 0 Å². The van der Waals surface area contributed by atoms with Crippen LogP contribution in [0.4, 0.5) is 11.4 Å². The van der Waals surface area contributed by atoms with E-state index in [1.807, 2.05) is 0 Å². The number of nitrogens with one attached hydrogen (secondary N) is 2. The van der Waals surface area contributed by atoms with E-state index in [0.717, 1.165) is 0 Å². The number of amides is 2. The predicted octanol–water partition coefficient (Wildman–Crippen LogP) is 1.48. The second-order valence-electron chi connectivity index (χ2n) is 5.87. The van der Waals surface area contributed by atoms with Crippen molar-refractivity contribution in [2.24, 2.45) is 5.14 Å². The summed E-state index contributed by atoms with van der Waals surface area (Å²) in [6.45, 7) is 2.73. The minimum Gasteiger partial charge on any atom is -0.449 e. The second-order valence-corrected chi connectivity index (χ2v) is 7.43. The topological polar surface area (TPSA) is 145 Å². The van der Waals surface area contributed by atoms with Gasteiger partial charge in [-0.05, 0) is 49.4 Å². The standard InChI is InChI=1S/C18H19N3O6S/c1-11(17(23)21-14-6-8-16(9-7-14)28(19,25)26)27-18(24)13-4-3-5-15(10-13)20-12(2)22/h3-11H,1-2H3,(H,20,22)(H,21,23)(H2,19,25,26). The van der Waals surface area contributed by atoms with Crippen molar-refractivity contribution in [2.45, 2.75) is 24.8 Å². The molecule has 2 amide bonds. The number of primary sulfonamides is 1. The third kappa shape index (κ3) is 5.89. The first-order valence-corrected chi connectivity index (χ1v) is 9.63. The molecule has 1 atom stereocenters. The Labute approximate surface area is 161 Å². The van der Waals surface area contributed by atoms with E-state index in [2.05, 4.69) is 10.6 Å². The Morgan fingerprint density at radius 2 is 1.64 bits per heavy atom. The summed E-state index contributed by atoms with van der Waals surface area (Å²) >= 11 is 0. The number of nitrogens with two attached hydrogens (primary N) is 1. The zero-order chi connectivity index (χ0) is 20.9. The molecule has 0 aliphatic carbocycles. The Morgan fingerprint density at radius 1 is 1.00 bits per heavy atom. The summed E-state index contributed by atoms with van der Waals surface area (Å²) < 4.78 is 27.6. The fourth-order valence-electron chi connectivity index (χ4n) is 2.18. The van der Waals surface area contributed by atoms with E-state index in [0.29, 0.717) is 11.4 Å². The van der Waals surface area contributed by atoms with Gasteiger partial charge in [-0.15, -0.1) is 0 Å². The first-order valence-electron chi connectivity index (χ1n) is 8.08. The van der Waals surface area contributed by atoms with Crippen LogP contribution < -0.4 is 15.8 Å². The van der Waals surface area contributed by atoms with Gasteiger partial charge in [0.25, 0.3) is 5.91 Å². The molecule has 148 valence electrons. The molecule has 0 aromatic heterocycles. The molecule has 10 heteroatoms. The summed E-state index contributed by atoms with van der Waals surface area (Å²) in [7, 11) is -3.83. The van der Waals surface area contributed by atoms with Crippen LogP contribution >= 0.6 is 0 Å². The van der Waals surface area contributed by atoms with Crippen LogP contribution in [0.5, 0.6) is 0 Å². The first-order chi connectivity index (χ1) is 13.1. The number of carbonyl (C=O) groups excluding carboxylic acids is 3. The van der Waals surface area contributed by atoms with Crippen molar-refractivity contribution in [3.63, 3.8) is 0 Å². The molecule has 0 fully saturated rings. The van der Waals surface area contributed by atoms with Crippen LogP contribution in [0.2, 0.25) is 0 Å². The van der Waals surface area contributed by atoms with E-state index in [1.54, 1.807) is 12.1 Å². The van der Waals surface area contributed by atoms with Crippen molar-refractivity contribution in [2.75, 3.05) is 10.6 Å². The molecule has 0 aliphatic heterocycles. The normalized spacial score (nSPS) is 12.0. The Balaban J connectivity index is 2.00. The van der Waals surface area contributed by atoms with Crippen molar-refractivity contribution >= 4 is 39.2 Å². The van der Waals surface area contributed by atoms with Crippen LogP contribution in [0.1, 0.15) is 24.2 Å². The van der Waals surface area contributed by atoms with Crippen LogP contribution in [0.25, 0.3) is 0 Å². The maximum absolute atomic E-state index is 12.2. The van der Waals surface area contributed by atoms with Gasteiger partial charge in [-0.2, -0.15) is 0 Å². The molecule has 1 unspecified atom stereocenters. The quantitative estimate of drug-likeness (QED) is 0.621. The van der Waals surface area contributed by atoms with Gasteiger partial charge < -0.3 is 15.4 Å². The maximum atomic E-state index is 12.2. The van der Waals surface area contributed by atoms with Gasteiger partial charge in [-0.3, -0.25) is 9.59 Å². The minimum atomic E-state index is -3.83. The molecule has 2 aromatic carbocycles. The van der Waals surface area contributed by atoms with Crippen LogP contribution in [-0.4, -0.2) is 32.3 Å². The van der Waals surface area contributed by atoms with Gasteiger partial charge in [0.2, 0.25) is 15.9 Å². The fraction of sp³-hybridized carbons (Fsp3) is 0.167. The molecule has 2 aromatic rings. The lowest BCUT2D eigenvalue weighted by molar-refractivity contribution is -0.123. The fourth-order valence-corrected chi connectivity index (χ4v) is 2.70. The summed E-state index contributed by atoms with van der Waals surface area (Å²) in [5, 5.41) is 10.1. The van der Waals surface area contributed by atoms with Gasteiger partial charge in [-0.1, -0.05) is 6.07 Å². The van der Waals surface area contributed by atoms with Crippen molar-refractivity contribution in [3.8, 4) is 0 Å². The van der Waals surface area contributed by atoms with Gasteiger partial charge in [0.05, 0.1) is 10.5 Å². The molecule has 0 bridgehead atoms. The first kappa shape index (κ1) is 21.1. The molecule has 0 saturated heterocycles. The molecular formula is C18H19N3O6S. The third-order valence-electron chi connectivity index (χ3n) is 3.52. The molecule has 9 nitrogen and oxygen atoms in total. The van der Waals surface area contributed by atoms with Crippen molar-refractivity contribution in [1.82, 2.24) is 0 Å². The maximum Gasteiger partial charge on any atom is 0.338 e. The average Bonchev–Trinajstić information content (AvgIpc) is 2.61. The molecule has 4 N–H and O–H groups in total. The molecular weight excluding hydrogens is 386 g/mol. The number of benzene rings is 2. The van der Waals surface area contributed by atoms with Gasteiger partial charge in [0.1, 0.15) is 0 Å². The van der Waals surface area contributed by atoms with Crippen LogP contribution in [0.3, 0.4) is 0 Å². The van der Waals surface area contributed by atoms with E-state index < -0.39 is 28.0 Å². The molecule has 28 heavy (non-hydrogen) atoms. The number of ether oxygens (including phenoxy) is 1. The van der Waals surface area contributed by atoms with E-state index in [-0.39, 0.29) is 16.4 Å². The monoisotopic (exact) mass is 405 g/mol. The molecule has 2 rings (SSSR count). The van der Waals surface area contributed by atoms with Crippen molar-refractivity contribution in [3.05, 3.63) is 54.1 Å². The molecule has 0 heterocycles. The number of esters is 1. The van der Waals surface area contributed by atoms with Crippen LogP contribution in [-0.2, 0) is 24.3 Å². The lowest BCUT2D eigenvalue weighted by atomic mass is 10.2. The average molecular weight is 405 g/mol. The smallest absolute Gasteiger partial charge is 0.338 e. The highest BCUT2D eigenvalue weighted by Crippen LogP contribution is 2.15. The Hall–Kier alpha value is -3.24. The third-order valence-corrected chi connectivity index (χ3v) is 4.45. The van der Waals surface area contributed by atoms with Gasteiger partial charge in [0.15, 0.2) is 6.10 Å². The Kier molecular flexibility index (Phi) is 6.49. The van der Waals surface area contributed by atoms with E-state index in [1.165, 1.54) is 50.2 Å². The van der Waals surface area contributed by atoms with Crippen LogP contribution in [0.15, 0.2) is 53.4 Å². The predicted molar refractivity (Wildman–Crippen MR) is 102 cm³/mol. The van der Waals surface area contributed by atoms with E-state index in [9.17, 15) is 22.8 Å². The van der Waals surface area contributed by atoms with Gasteiger partial charge >= 0.3 is 5.97 Å². The summed E-state index contributed by atoms with van der Waals surface area (Å²) in [5.74, 6) is -1.62. The molecule has 0 aliphatic rings. The highest BCUT2D eigenvalue weighted by atomic mass is 32.2. The number of hydrogen-bond donors (Lipinski definition) is 3. The Morgan fingerprint density at radius 3 is 2.21 bits per heavy atom. The lowest BCUT2D eigenvalue weighted by Crippen LogP contribution is -2.30. The van der Waals surface area contributed by atoms with Crippen molar-refractivity contribution < 1.29 is 27.5 Å². The molecule has 0 radical (unpaired) electrons. The summed E-state index contributed by atoms with van der Waals surface area (Å²) in [6.07, 6.45) is -1.12. The zero-order valence-corrected chi connectivity index (χ0v) is 15.9. The molecule has 0 spiro atoms. The molecule has 0 saturated carbocycles. The highest BCUT2D eigenvalue weighted by Gasteiger charge is 2.19. The van der Waals surface area contributed by atoms with Crippen LogP contribution in [0, 0.1) is 0 Å². The van der Waals surface area contributed by atoms with E-state index >= 15 is 0 Å². The summed E-state index contributed by atoms with van der Waals surface area (Å²) in [5.41, 5.74) is 0.908. The largest absolute Gasteiger partial charge is 0.449 e. The SMILES string of the molecule is CC(=O)Nc1cccc(C(=O)OC(C)C(=O)Nc2ccc(S(N)(=O)=O)cc2)c1. The number of sulfonamides is 1. The zero-order valence-electron chi connectivity index (χ0n) is 15.1. The summed E-state index contributed by atoms with van der Waals surface area (Å²) in [6, 6.07) is 11.3. The minimum absolute atomic E-state index is 0.0935. The number of carbonyl (C=O) groups is 3. The Bertz CT molecular complexity index is 1000. The number of hydrogen-bond acceptors (Lipinski definition) is 6. The van der Waals surface area contributed by atoms with Gasteiger partial charge in [0, 0.05) is 18.3 Å². The van der Waals surface area contributed by atoms with Gasteiger partial charge in [-0.25, -0.2) is 18.4 Å². The summed E-state index contributed by atoms with van der Waals surface area (Å²) in [4.78, 5) is 35.4. The number of anilines is 2. The van der Waals surface area contributed by atoms with E-state index in [4.69, 9.17) is 9.88 Å².